The zero-order valence-corrected chi connectivity index (χ0v) is 21.7. The Morgan fingerprint density at radius 1 is 1.00 bits per heavy atom. The number of hydrogen-bond donors (Lipinski definition) is 2. The molecule has 0 spiro atoms. The number of fused-ring (bicyclic) bond motifs is 1. The molecular weight excluding hydrogens is 480 g/mol. The van der Waals surface area contributed by atoms with Crippen molar-refractivity contribution in [1.29, 1.82) is 0 Å². The largest absolute Gasteiger partial charge is 0.369 e. The number of amides is 1. The van der Waals surface area contributed by atoms with Crippen LogP contribution in [0.5, 0.6) is 0 Å². The summed E-state index contributed by atoms with van der Waals surface area (Å²) in [6, 6.07) is 21.0. The van der Waals surface area contributed by atoms with E-state index in [2.05, 4.69) is 22.3 Å². The first-order valence-electron chi connectivity index (χ1n) is 12.1. The van der Waals surface area contributed by atoms with Gasteiger partial charge in [0.05, 0.1) is 11.1 Å². The van der Waals surface area contributed by atoms with Crippen LogP contribution in [0.4, 0.5) is 5.69 Å². The fourth-order valence-electron chi connectivity index (χ4n) is 4.35. The van der Waals surface area contributed by atoms with Crippen LogP contribution in [0.15, 0.2) is 82.1 Å². The lowest BCUT2D eigenvalue weighted by Gasteiger charge is -2.32. The number of carbonyl (C=O) groups excluding carboxylic acids is 2. The first-order valence-corrected chi connectivity index (χ1v) is 12.1. The summed E-state index contributed by atoms with van der Waals surface area (Å²) in [6.07, 6.45) is -0.00695. The summed E-state index contributed by atoms with van der Waals surface area (Å²) in [5.74, 6) is 4.85. The summed E-state index contributed by atoms with van der Waals surface area (Å²) >= 11 is 0. The van der Waals surface area contributed by atoms with Crippen molar-refractivity contribution in [3.05, 3.63) is 106 Å². The molecule has 192 valence electrons. The number of aromatic nitrogens is 1. The maximum absolute atomic E-state index is 13.6. The van der Waals surface area contributed by atoms with Crippen LogP contribution >= 0.6 is 0 Å². The van der Waals surface area contributed by atoms with E-state index >= 15 is 0 Å². The number of Topliss-reactive ketones (excluding diaryl/α,β-unsaturated/α-hetero) is 1. The van der Waals surface area contributed by atoms with E-state index in [4.69, 9.17) is 4.52 Å². The van der Waals surface area contributed by atoms with Crippen molar-refractivity contribution < 1.29 is 19.2 Å². The van der Waals surface area contributed by atoms with Gasteiger partial charge >= 0.3 is 5.63 Å². The fraction of sp³-hybridized carbons (Fsp3) is 0.226. The number of rotatable bonds is 6. The maximum atomic E-state index is 13.6. The molecule has 1 atom stereocenters. The lowest BCUT2D eigenvalue weighted by molar-refractivity contribution is -0.130. The Hall–Kier alpha value is -4.54. The highest BCUT2D eigenvalue weighted by molar-refractivity contribution is 6.01. The standard InChI is InChI=1S/C31H28N2O5/c1-20-27-18-25(13-14-26(27)28(35)38-33-20)32-29(36)31(37,19-30(3,4)24-11-6-5-7-12-24)16-15-22-9-8-10-23(17-22)21(2)34/h5-14,17-18,37H,19H2,1-4H3,(H,32,36). The number of aryl methyl sites for hydroxylation is 1. The predicted octanol–water partition coefficient (Wildman–Crippen LogP) is 4.79. The number of benzene rings is 3. The summed E-state index contributed by atoms with van der Waals surface area (Å²) in [6.45, 7) is 7.02. The van der Waals surface area contributed by atoms with E-state index in [1.54, 1.807) is 43.3 Å². The van der Waals surface area contributed by atoms with Crippen LogP contribution < -0.4 is 10.9 Å². The van der Waals surface area contributed by atoms with Crippen LogP contribution in [0, 0.1) is 18.8 Å². The molecule has 0 bridgehead atoms. The molecule has 1 amide bonds. The molecule has 0 aliphatic carbocycles. The molecule has 0 fully saturated rings. The zero-order chi connectivity index (χ0) is 27.5. The van der Waals surface area contributed by atoms with Gasteiger partial charge in [-0.3, -0.25) is 9.59 Å². The molecule has 0 aliphatic heterocycles. The Balaban J connectivity index is 1.73. The monoisotopic (exact) mass is 508 g/mol. The molecule has 0 saturated heterocycles. The molecule has 0 aliphatic rings. The average molecular weight is 509 g/mol. The Morgan fingerprint density at radius 3 is 2.45 bits per heavy atom. The topological polar surface area (TPSA) is 110 Å². The van der Waals surface area contributed by atoms with Gasteiger partial charge in [0.15, 0.2) is 5.78 Å². The number of hydrogen-bond acceptors (Lipinski definition) is 6. The highest BCUT2D eigenvalue weighted by atomic mass is 16.5. The Bertz CT molecular complexity index is 1640. The van der Waals surface area contributed by atoms with E-state index in [0.29, 0.717) is 33.3 Å². The number of anilines is 1. The Morgan fingerprint density at radius 2 is 1.74 bits per heavy atom. The smallest absolute Gasteiger partial charge is 0.366 e. The molecule has 38 heavy (non-hydrogen) atoms. The van der Waals surface area contributed by atoms with E-state index in [9.17, 15) is 19.5 Å². The molecular formula is C31H28N2O5. The summed E-state index contributed by atoms with van der Waals surface area (Å²) in [7, 11) is 0. The molecule has 7 heteroatoms. The SMILES string of the molecule is CC(=O)c1cccc(C#CC(O)(CC(C)(C)c2ccccc2)C(=O)Nc2ccc3c(=O)onc(C)c3c2)c1. The van der Waals surface area contributed by atoms with Crippen molar-refractivity contribution in [3.8, 4) is 11.8 Å². The summed E-state index contributed by atoms with van der Waals surface area (Å²) in [4.78, 5) is 37.4. The lowest BCUT2D eigenvalue weighted by Crippen LogP contribution is -2.46. The third kappa shape index (κ3) is 5.72. The van der Waals surface area contributed by atoms with Crippen LogP contribution in [0.2, 0.25) is 0 Å². The molecule has 0 saturated carbocycles. The van der Waals surface area contributed by atoms with Gasteiger partial charge in [-0.15, -0.1) is 0 Å². The van der Waals surface area contributed by atoms with Crippen LogP contribution in [0.1, 0.15) is 54.4 Å². The van der Waals surface area contributed by atoms with Gasteiger partial charge in [0.25, 0.3) is 5.91 Å². The first-order chi connectivity index (χ1) is 18.0. The first kappa shape index (κ1) is 26.5. The molecule has 0 radical (unpaired) electrons. The van der Waals surface area contributed by atoms with E-state index in [0.717, 1.165) is 5.56 Å². The fourth-order valence-corrected chi connectivity index (χ4v) is 4.35. The van der Waals surface area contributed by atoms with Crippen LogP contribution in [-0.2, 0) is 10.2 Å². The summed E-state index contributed by atoms with van der Waals surface area (Å²) in [5, 5.41) is 19.1. The normalized spacial score (nSPS) is 12.8. The second-order valence-electron chi connectivity index (χ2n) is 9.94. The highest BCUT2D eigenvalue weighted by Gasteiger charge is 2.41. The van der Waals surface area contributed by atoms with Crippen molar-refractivity contribution in [3.63, 3.8) is 0 Å². The van der Waals surface area contributed by atoms with Gasteiger partial charge < -0.3 is 14.9 Å². The van der Waals surface area contributed by atoms with Crippen LogP contribution in [0.25, 0.3) is 10.8 Å². The molecule has 1 aromatic heterocycles. The number of nitrogens with one attached hydrogen (secondary N) is 1. The van der Waals surface area contributed by atoms with Gasteiger partial charge in [-0.2, -0.15) is 0 Å². The minimum atomic E-state index is -2.09. The van der Waals surface area contributed by atoms with Crippen molar-refractivity contribution >= 4 is 28.2 Å². The van der Waals surface area contributed by atoms with Crippen molar-refractivity contribution in [2.45, 2.75) is 45.1 Å². The van der Waals surface area contributed by atoms with Gasteiger partial charge in [-0.25, -0.2) is 4.79 Å². The molecule has 3 aromatic carbocycles. The minimum Gasteiger partial charge on any atom is -0.369 e. The predicted molar refractivity (Wildman–Crippen MR) is 146 cm³/mol. The van der Waals surface area contributed by atoms with Gasteiger partial charge in [0.1, 0.15) is 0 Å². The maximum Gasteiger partial charge on any atom is 0.366 e. The quantitative estimate of drug-likeness (QED) is 0.286. The third-order valence-electron chi connectivity index (χ3n) is 6.46. The average Bonchev–Trinajstić information content (AvgIpc) is 2.90. The van der Waals surface area contributed by atoms with E-state index in [1.165, 1.54) is 13.0 Å². The third-order valence-corrected chi connectivity index (χ3v) is 6.46. The lowest BCUT2D eigenvalue weighted by atomic mass is 9.75. The van der Waals surface area contributed by atoms with Crippen LogP contribution in [0.3, 0.4) is 0 Å². The van der Waals surface area contributed by atoms with Crippen molar-refractivity contribution in [2.75, 3.05) is 5.32 Å². The molecule has 4 rings (SSSR count). The van der Waals surface area contributed by atoms with E-state index in [1.807, 2.05) is 44.2 Å². The number of carbonyl (C=O) groups is 2. The Labute approximate surface area is 220 Å². The molecule has 2 N–H and O–H groups in total. The number of ketones is 1. The second kappa shape index (κ2) is 10.4. The van der Waals surface area contributed by atoms with Crippen LogP contribution in [-0.4, -0.2) is 27.6 Å². The Kier molecular flexibility index (Phi) is 7.29. The molecule has 7 nitrogen and oxygen atoms in total. The van der Waals surface area contributed by atoms with Gasteiger partial charge in [-0.1, -0.05) is 73.3 Å². The molecule has 4 aromatic rings. The van der Waals surface area contributed by atoms with E-state index in [-0.39, 0.29) is 12.2 Å². The zero-order valence-electron chi connectivity index (χ0n) is 21.7. The number of nitrogens with zero attached hydrogens (tertiary/aromatic N) is 1. The minimum absolute atomic E-state index is 0.00695. The van der Waals surface area contributed by atoms with Crippen molar-refractivity contribution in [1.82, 2.24) is 5.16 Å². The summed E-state index contributed by atoms with van der Waals surface area (Å²) in [5.41, 5.74) is -0.514. The highest BCUT2D eigenvalue weighted by Crippen LogP contribution is 2.33. The van der Waals surface area contributed by atoms with Crippen molar-refractivity contribution in [2.24, 2.45) is 0 Å². The summed E-state index contributed by atoms with van der Waals surface area (Å²) < 4.78 is 4.77. The second-order valence-corrected chi connectivity index (χ2v) is 9.94. The molecule has 1 heterocycles. The molecule has 1 unspecified atom stereocenters. The van der Waals surface area contributed by atoms with E-state index < -0.39 is 22.5 Å². The van der Waals surface area contributed by atoms with Gasteiger partial charge in [0, 0.05) is 28.6 Å². The van der Waals surface area contributed by atoms with Gasteiger partial charge in [-0.05, 0) is 55.2 Å². The number of aliphatic hydroxyl groups is 1. The van der Waals surface area contributed by atoms with Gasteiger partial charge in [0.2, 0.25) is 5.60 Å².